The molecule has 0 radical (unpaired) electrons. The molecule has 0 aliphatic rings. The molecule has 0 spiro atoms. The van der Waals surface area contributed by atoms with E-state index < -0.39 is 6.67 Å². The van der Waals surface area contributed by atoms with Crippen molar-refractivity contribution in [2.75, 3.05) is 13.3 Å². The van der Waals surface area contributed by atoms with Crippen LogP contribution < -0.4 is 4.74 Å². The first-order valence-corrected chi connectivity index (χ1v) is 5.20. The largest absolute Gasteiger partial charge is 0.489 e. The molecule has 0 saturated carbocycles. The zero-order chi connectivity index (χ0) is 10.6. The van der Waals surface area contributed by atoms with Gasteiger partial charge in [0.1, 0.15) is 19.0 Å². The van der Waals surface area contributed by atoms with E-state index in [0.717, 1.165) is 0 Å². The predicted molar refractivity (Wildman–Crippen MR) is 57.5 cm³/mol. The average molecular weight is 258 g/mol. The molecule has 0 amide bonds. The molecule has 0 aromatic heterocycles. The van der Waals surface area contributed by atoms with E-state index in [1.54, 1.807) is 6.07 Å². The van der Waals surface area contributed by atoms with E-state index in [-0.39, 0.29) is 12.5 Å². The summed E-state index contributed by atoms with van der Waals surface area (Å²) in [4.78, 5) is 0. The van der Waals surface area contributed by atoms with Crippen molar-refractivity contribution < 1.29 is 9.13 Å². The molecular weight excluding hydrogens is 249 g/mol. The van der Waals surface area contributed by atoms with Crippen molar-refractivity contribution in [2.24, 2.45) is 0 Å². The van der Waals surface area contributed by atoms with Crippen molar-refractivity contribution in [1.29, 1.82) is 0 Å². The number of alkyl halides is 2. The van der Waals surface area contributed by atoms with Crippen molar-refractivity contribution >= 4 is 34.8 Å². The van der Waals surface area contributed by atoms with Crippen molar-refractivity contribution in [2.45, 2.75) is 5.88 Å². The maximum absolute atomic E-state index is 11.9. The maximum Gasteiger partial charge on any atom is 0.142 e. The normalized spacial score (nSPS) is 10.3. The maximum atomic E-state index is 11.9. The Kier molecular flexibility index (Phi) is 4.79. The minimum atomic E-state index is -0.569. The van der Waals surface area contributed by atoms with Crippen LogP contribution in [0.5, 0.6) is 5.75 Å². The van der Waals surface area contributed by atoms with Crippen LogP contribution in [-0.4, -0.2) is 13.3 Å². The molecule has 5 heteroatoms. The zero-order valence-electron chi connectivity index (χ0n) is 7.20. The first-order valence-electron chi connectivity index (χ1n) is 3.91. The summed E-state index contributed by atoms with van der Waals surface area (Å²) in [5.74, 6) is 0.630. The third-order valence-corrected chi connectivity index (χ3v) is 2.34. The number of hydrogen-bond donors (Lipinski definition) is 0. The van der Waals surface area contributed by atoms with Gasteiger partial charge < -0.3 is 4.74 Å². The Morgan fingerprint density at radius 1 is 1.29 bits per heavy atom. The monoisotopic (exact) mass is 256 g/mol. The molecule has 0 unspecified atom stereocenters. The predicted octanol–water partition coefficient (Wildman–Crippen LogP) is 4.08. The Bertz CT molecular complexity index is 317. The molecule has 0 atom stereocenters. The lowest BCUT2D eigenvalue weighted by Gasteiger charge is -2.10. The number of hydrogen-bond acceptors (Lipinski definition) is 1. The number of benzene rings is 1. The van der Waals surface area contributed by atoms with Crippen LogP contribution in [0.4, 0.5) is 4.39 Å². The van der Waals surface area contributed by atoms with Crippen LogP contribution in [0.25, 0.3) is 0 Å². The summed E-state index contributed by atoms with van der Waals surface area (Å²) in [6.45, 7) is -0.605. The minimum Gasteiger partial charge on any atom is -0.489 e. The Hall–Kier alpha value is -0.180. The molecule has 78 valence electrons. The lowest BCUT2D eigenvalue weighted by Crippen LogP contribution is -2.01. The van der Waals surface area contributed by atoms with Crippen LogP contribution in [0.3, 0.4) is 0 Å². The Morgan fingerprint density at radius 2 is 2.00 bits per heavy atom. The molecular formula is C9H8Cl3FO. The molecule has 0 fully saturated rings. The fourth-order valence-corrected chi connectivity index (χ4v) is 1.80. The topological polar surface area (TPSA) is 9.23 Å². The van der Waals surface area contributed by atoms with Crippen LogP contribution >= 0.6 is 34.8 Å². The Labute approximate surface area is 96.7 Å². The molecule has 1 nitrogen and oxygen atoms in total. The number of halogens is 4. The number of ether oxygens (including phenoxy) is 1. The highest BCUT2D eigenvalue weighted by Crippen LogP contribution is 2.33. The van der Waals surface area contributed by atoms with E-state index in [9.17, 15) is 4.39 Å². The van der Waals surface area contributed by atoms with Gasteiger partial charge in [0.15, 0.2) is 0 Å². The summed E-state index contributed by atoms with van der Waals surface area (Å²) in [5, 5.41) is 0.833. The van der Waals surface area contributed by atoms with Crippen LogP contribution in [0.2, 0.25) is 10.0 Å². The van der Waals surface area contributed by atoms with Crippen LogP contribution in [0, 0.1) is 0 Å². The highest BCUT2D eigenvalue weighted by Gasteiger charge is 2.09. The average Bonchev–Trinajstić information content (AvgIpc) is 2.15. The van der Waals surface area contributed by atoms with Gasteiger partial charge in [-0.25, -0.2) is 4.39 Å². The second-order valence-electron chi connectivity index (χ2n) is 2.55. The van der Waals surface area contributed by atoms with Gasteiger partial charge in [0, 0.05) is 10.6 Å². The van der Waals surface area contributed by atoms with Crippen molar-refractivity contribution in [3.8, 4) is 5.75 Å². The third kappa shape index (κ3) is 2.91. The van der Waals surface area contributed by atoms with Crippen molar-refractivity contribution in [1.82, 2.24) is 0 Å². The third-order valence-electron chi connectivity index (χ3n) is 1.55. The molecule has 1 aromatic carbocycles. The summed E-state index contributed by atoms with van der Waals surface area (Å²) >= 11 is 17.3. The van der Waals surface area contributed by atoms with E-state index in [4.69, 9.17) is 39.5 Å². The lowest BCUT2D eigenvalue weighted by atomic mass is 10.2. The van der Waals surface area contributed by atoms with Crippen LogP contribution in [-0.2, 0) is 5.88 Å². The molecule has 14 heavy (non-hydrogen) atoms. The second-order valence-corrected chi connectivity index (χ2v) is 3.66. The smallest absolute Gasteiger partial charge is 0.142 e. The molecule has 1 rings (SSSR count). The first kappa shape index (κ1) is 11.9. The van der Waals surface area contributed by atoms with E-state index in [0.29, 0.717) is 21.4 Å². The van der Waals surface area contributed by atoms with Gasteiger partial charge in [0.05, 0.1) is 10.9 Å². The van der Waals surface area contributed by atoms with Gasteiger partial charge in [-0.1, -0.05) is 23.2 Å². The first-order chi connectivity index (χ1) is 6.69. The highest BCUT2D eigenvalue weighted by molar-refractivity contribution is 6.35. The van der Waals surface area contributed by atoms with Gasteiger partial charge in [-0.2, -0.15) is 0 Å². The summed E-state index contributed by atoms with van der Waals surface area (Å²) in [5.41, 5.74) is 0.664. The molecule has 0 saturated heterocycles. The number of rotatable bonds is 4. The van der Waals surface area contributed by atoms with Gasteiger partial charge in [0.25, 0.3) is 0 Å². The van der Waals surface area contributed by atoms with Crippen LogP contribution in [0.15, 0.2) is 12.1 Å². The van der Waals surface area contributed by atoms with E-state index in [1.165, 1.54) is 6.07 Å². The van der Waals surface area contributed by atoms with Gasteiger partial charge in [0.2, 0.25) is 0 Å². The highest BCUT2D eigenvalue weighted by atomic mass is 35.5. The molecule has 0 aliphatic carbocycles. The Morgan fingerprint density at radius 3 is 2.57 bits per heavy atom. The lowest BCUT2D eigenvalue weighted by molar-refractivity contribution is 0.272. The summed E-state index contributed by atoms with van der Waals surface area (Å²) < 4.78 is 17.0. The van der Waals surface area contributed by atoms with Crippen LogP contribution in [0.1, 0.15) is 5.56 Å². The molecule has 0 bridgehead atoms. The Balaban J connectivity index is 2.99. The van der Waals surface area contributed by atoms with Crippen molar-refractivity contribution in [3.05, 3.63) is 27.7 Å². The standard InChI is InChI=1S/C9H8Cl3FO/c10-5-6-3-7(11)4-8(12)9(6)14-2-1-13/h3-4H,1-2,5H2. The van der Waals surface area contributed by atoms with E-state index in [2.05, 4.69) is 0 Å². The fourth-order valence-electron chi connectivity index (χ4n) is 1.02. The quantitative estimate of drug-likeness (QED) is 0.739. The summed E-state index contributed by atoms with van der Waals surface area (Å²) in [7, 11) is 0. The van der Waals surface area contributed by atoms with E-state index in [1.807, 2.05) is 0 Å². The molecule has 0 heterocycles. The van der Waals surface area contributed by atoms with Crippen molar-refractivity contribution in [3.63, 3.8) is 0 Å². The van der Waals surface area contributed by atoms with Gasteiger partial charge >= 0.3 is 0 Å². The van der Waals surface area contributed by atoms with Gasteiger partial charge in [-0.05, 0) is 12.1 Å². The minimum absolute atomic E-state index is 0.0365. The second kappa shape index (κ2) is 5.64. The summed E-state index contributed by atoms with van der Waals surface area (Å²) in [6, 6.07) is 3.18. The molecule has 0 aliphatic heterocycles. The molecule has 1 aromatic rings. The van der Waals surface area contributed by atoms with Gasteiger partial charge in [-0.15, -0.1) is 11.6 Å². The van der Waals surface area contributed by atoms with E-state index >= 15 is 0 Å². The van der Waals surface area contributed by atoms with Gasteiger partial charge in [-0.3, -0.25) is 0 Å². The fraction of sp³-hybridized carbons (Fsp3) is 0.333. The summed E-state index contributed by atoms with van der Waals surface area (Å²) in [6.07, 6.45) is 0. The SMILES string of the molecule is FCCOc1c(Cl)cc(Cl)cc1CCl. The zero-order valence-corrected chi connectivity index (χ0v) is 9.46. The molecule has 0 N–H and O–H groups in total.